The van der Waals surface area contributed by atoms with Gasteiger partial charge in [-0.1, -0.05) is 18.2 Å². The maximum absolute atomic E-state index is 12.5. The zero-order chi connectivity index (χ0) is 15.7. The summed E-state index contributed by atoms with van der Waals surface area (Å²) in [5, 5.41) is 0. The molecule has 0 aliphatic carbocycles. The number of nitrogens with zero attached hydrogens (tertiary/aromatic N) is 3. The van der Waals surface area contributed by atoms with Gasteiger partial charge in [0.1, 0.15) is 5.92 Å². The fraction of sp³-hybridized carbons (Fsp3) is 0.438. The first-order valence-corrected chi connectivity index (χ1v) is 7.47. The van der Waals surface area contributed by atoms with Crippen LogP contribution < -0.4 is 4.90 Å². The topological polar surface area (TPSA) is 60.9 Å². The van der Waals surface area contributed by atoms with Crippen LogP contribution in [0.4, 0.5) is 5.69 Å². The summed E-state index contributed by atoms with van der Waals surface area (Å²) in [5.41, 5.74) is 0.817. The maximum Gasteiger partial charge on any atom is 0.241 e. The largest absolute Gasteiger partial charge is 0.342 e. The number of anilines is 1. The predicted molar refractivity (Wildman–Crippen MR) is 81.1 cm³/mol. The molecule has 116 valence electrons. The Morgan fingerprint density at radius 1 is 1.09 bits per heavy atom. The Balaban J connectivity index is 1.70. The van der Waals surface area contributed by atoms with E-state index in [1.54, 1.807) is 16.8 Å². The zero-order valence-corrected chi connectivity index (χ0v) is 12.6. The third kappa shape index (κ3) is 2.56. The summed E-state index contributed by atoms with van der Waals surface area (Å²) in [5.74, 6) is -1.12. The van der Waals surface area contributed by atoms with Gasteiger partial charge < -0.3 is 14.7 Å². The van der Waals surface area contributed by atoms with Crippen LogP contribution in [0.15, 0.2) is 30.3 Å². The third-order valence-corrected chi connectivity index (χ3v) is 4.34. The Morgan fingerprint density at radius 3 is 2.50 bits per heavy atom. The summed E-state index contributed by atoms with van der Waals surface area (Å²) in [4.78, 5) is 41.6. The molecular weight excluding hydrogens is 282 g/mol. The minimum Gasteiger partial charge on any atom is -0.342 e. The number of amides is 3. The monoisotopic (exact) mass is 301 g/mol. The Bertz CT molecular complexity index is 602. The number of carbonyl (C=O) groups excluding carboxylic acids is 3. The van der Waals surface area contributed by atoms with Crippen molar-refractivity contribution in [3.05, 3.63) is 30.3 Å². The smallest absolute Gasteiger partial charge is 0.241 e. The second kappa shape index (κ2) is 5.79. The lowest BCUT2D eigenvalue weighted by molar-refractivity contribution is -0.148. The van der Waals surface area contributed by atoms with Crippen molar-refractivity contribution in [1.29, 1.82) is 0 Å². The molecule has 0 bridgehead atoms. The highest BCUT2D eigenvalue weighted by atomic mass is 16.2. The molecule has 2 heterocycles. The van der Waals surface area contributed by atoms with Gasteiger partial charge in [-0.2, -0.15) is 0 Å². The third-order valence-electron chi connectivity index (χ3n) is 4.34. The molecule has 0 N–H and O–H groups in total. The molecule has 0 spiro atoms. The van der Waals surface area contributed by atoms with Gasteiger partial charge in [-0.3, -0.25) is 14.4 Å². The van der Waals surface area contributed by atoms with Crippen molar-refractivity contribution in [3.8, 4) is 0 Å². The van der Waals surface area contributed by atoms with E-state index in [9.17, 15) is 14.4 Å². The SMILES string of the molecule is CN1CCN(C(=O)C2CCN(c3ccccc3)C2=O)CC1=O. The molecule has 1 unspecified atom stereocenters. The first-order chi connectivity index (χ1) is 10.6. The van der Waals surface area contributed by atoms with Gasteiger partial charge in [-0.15, -0.1) is 0 Å². The van der Waals surface area contributed by atoms with Crippen molar-refractivity contribution in [2.45, 2.75) is 6.42 Å². The molecule has 0 radical (unpaired) electrons. The molecule has 3 rings (SSSR count). The van der Waals surface area contributed by atoms with Crippen molar-refractivity contribution < 1.29 is 14.4 Å². The van der Waals surface area contributed by atoms with E-state index < -0.39 is 5.92 Å². The van der Waals surface area contributed by atoms with Gasteiger partial charge in [0, 0.05) is 32.4 Å². The highest BCUT2D eigenvalue weighted by molar-refractivity contribution is 6.10. The lowest BCUT2D eigenvalue weighted by Crippen LogP contribution is -2.52. The Kier molecular flexibility index (Phi) is 3.83. The number of hydrogen-bond acceptors (Lipinski definition) is 3. The summed E-state index contributed by atoms with van der Waals surface area (Å²) in [6, 6.07) is 9.37. The summed E-state index contributed by atoms with van der Waals surface area (Å²) in [7, 11) is 1.72. The number of para-hydroxylation sites is 1. The van der Waals surface area contributed by atoms with Crippen molar-refractivity contribution in [2.75, 3.05) is 38.1 Å². The van der Waals surface area contributed by atoms with Gasteiger partial charge in [-0.05, 0) is 18.6 Å². The van der Waals surface area contributed by atoms with Gasteiger partial charge in [-0.25, -0.2) is 0 Å². The van der Waals surface area contributed by atoms with E-state index in [-0.39, 0.29) is 24.3 Å². The van der Waals surface area contributed by atoms with E-state index in [2.05, 4.69) is 0 Å². The number of likely N-dealkylation sites (N-methyl/N-ethyl adjacent to an activating group) is 1. The van der Waals surface area contributed by atoms with E-state index in [1.165, 1.54) is 4.90 Å². The summed E-state index contributed by atoms with van der Waals surface area (Å²) in [6.07, 6.45) is 0.507. The molecule has 1 aromatic rings. The summed E-state index contributed by atoms with van der Waals surface area (Å²) >= 11 is 0. The van der Waals surface area contributed by atoms with E-state index in [0.717, 1.165) is 5.69 Å². The molecule has 3 amide bonds. The van der Waals surface area contributed by atoms with Gasteiger partial charge in [0.25, 0.3) is 0 Å². The van der Waals surface area contributed by atoms with Crippen LogP contribution >= 0.6 is 0 Å². The Labute approximate surface area is 129 Å². The van der Waals surface area contributed by atoms with E-state index in [0.29, 0.717) is 26.1 Å². The van der Waals surface area contributed by atoms with Crippen LogP contribution in [-0.4, -0.2) is 60.7 Å². The van der Waals surface area contributed by atoms with E-state index >= 15 is 0 Å². The predicted octanol–water partition coefficient (Wildman–Crippen LogP) is 0.340. The van der Waals surface area contributed by atoms with Crippen LogP contribution in [0.3, 0.4) is 0 Å². The summed E-state index contributed by atoms with van der Waals surface area (Å²) in [6.45, 7) is 1.63. The lowest BCUT2D eigenvalue weighted by atomic mass is 10.1. The average molecular weight is 301 g/mol. The van der Waals surface area contributed by atoms with Crippen LogP contribution in [-0.2, 0) is 14.4 Å². The van der Waals surface area contributed by atoms with E-state index in [4.69, 9.17) is 0 Å². The van der Waals surface area contributed by atoms with Crippen LogP contribution in [0.1, 0.15) is 6.42 Å². The molecule has 2 fully saturated rings. The van der Waals surface area contributed by atoms with Crippen molar-refractivity contribution >= 4 is 23.4 Å². The minimum absolute atomic E-state index is 0.0739. The molecule has 0 saturated carbocycles. The van der Waals surface area contributed by atoms with Gasteiger partial charge in [0.2, 0.25) is 17.7 Å². The molecule has 2 saturated heterocycles. The molecule has 1 atom stereocenters. The maximum atomic E-state index is 12.5. The second-order valence-corrected chi connectivity index (χ2v) is 5.74. The van der Waals surface area contributed by atoms with Crippen LogP contribution in [0.25, 0.3) is 0 Å². The first-order valence-electron chi connectivity index (χ1n) is 7.47. The summed E-state index contributed by atoms with van der Waals surface area (Å²) < 4.78 is 0. The lowest BCUT2D eigenvalue weighted by Gasteiger charge is -2.33. The van der Waals surface area contributed by atoms with Crippen molar-refractivity contribution in [3.63, 3.8) is 0 Å². The van der Waals surface area contributed by atoms with Crippen molar-refractivity contribution in [1.82, 2.24) is 9.80 Å². The van der Waals surface area contributed by atoms with Crippen LogP contribution in [0.2, 0.25) is 0 Å². The fourth-order valence-electron chi connectivity index (χ4n) is 2.94. The first kappa shape index (κ1) is 14.6. The molecule has 2 aliphatic rings. The fourth-order valence-corrected chi connectivity index (χ4v) is 2.94. The number of piperazine rings is 1. The molecule has 1 aromatic carbocycles. The van der Waals surface area contributed by atoms with E-state index in [1.807, 2.05) is 30.3 Å². The highest BCUT2D eigenvalue weighted by Crippen LogP contribution is 2.26. The molecule has 22 heavy (non-hydrogen) atoms. The Morgan fingerprint density at radius 2 is 1.82 bits per heavy atom. The van der Waals surface area contributed by atoms with Crippen LogP contribution in [0, 0.1) is 5.92 Å². The van der Waals surface area contributed by atoms with Crippen LogP contribution in [0.5, 0.6) is 0 Å². The molecule has 0 aromatic heterocycles. The normalized spacial score (nSPS) is 22.4. The molecule has 6 heteroatoms. The van der Waals surface area contributed by atoms with Gasteiger partial charge in [0.15, 0.2) is 0 Å². The Hall–Kier alpha value is -2.37. The molecule has 2 aliphatic heterocycles. The standard InChI is InChI=1S/C16H19N3O3/c1-17-9-10-18(11-14(17)20)15(21)13-7-8-19(16(13)22)12-5-3-2-4-6-12/h2-6,13H,7-11H2,1H3. The zero-order valence-electron chi connectivity index (χ0n) is 12.6. The van der Waals surface area contributed by atoms with Gasteiger partial charge in [0.05, 0.1) is 6.54 Å². The molecule has 6 nitrogen and oxygen atoms in total. The number of rotatable bonds is 2. The number of benzene rings is 1. The molecular formula is C16H19N3O3. The number of carbonyl (C=O) groups is 3. The van der Waals surface area contributed by atoms with Crippen molar-refractivity contribution in [2.24, 2.45) is 5.92 Å². The highest BCUT2D eigenvalue weighted by Gasteiger charge is 2.40. The number of hydrogen-bond donors (Lipinski definition) is 0. The second-order valence-electron chi connectivity index (χ2n) is 5.74. The quantitative estimate of drug-likeness (QED) is 0.740. The average Bonchev–Trinajstić information content (AvgIpc) is 2.92. The minimum atomic E-state index is -0.656. The van der Waals surface area contributed by atoms with Gasteiger partial charge >= 0.3 is 0 Å².